The Balaban J connectivity index is 2.68. The first kappa shape index (κ1) is 11.5. The Bertz CT molecular complexity index is 586. The van der Waals surface area contributed by atoms with E-state index in [0.717, 1.165) is 0 Å². The minimum absolute atomic E-state index is 0.0579. The minimum Gasteiger partial charge on any atom is -0.478 e. The Morgan fingerprint density at radius 1 is 1.29 bits per heavy atom. The van der Waals surface area contributed by atoms with Crippen LogP contribution in [0.25, 0.3) is 11.1 Å². The van der Waals surface area contributed by atoms with Gasteiger partial charge in [-0.1, -0.05) is 29.8 Å². The molecule has 3 nitrogen and oxygen atoms in total. The fraction of sp³-hybridized carbons (Fsp3) is 0. The molecule has 1 heterocycles. The van der Waals surface area contributed by atoms with Gasteiger partial charge >= 0.3 is 5.97 Å². The number of aromatic nitrogens is 1. The van der Waals surface area contributed by atoms with E-state index in [9.17, 15) is 9.18 Å². The first-order valence-corrected chi connectivity index (χ1v) is 5.11. The Morgan fingerprint density at radius 3 is 2.65 bits per heavy atom. The summed E-state index contributed by atoms with van der Waals surface area (Å²) in [4.78, 5) is 14.8. The number of nitrogens with zero attached hydrogens (tertiary/aromatic N) is 1. The van der Waals surface area contributed by atoms with E-state index < -0.39 is 11.8 Å². The molecule has 2 aromatic rings. The number of carboxylic acids is 1. The molecule has 0 aliphatic rings. The predicted octanol–water partition coefficient (Wildman–Crippen LogP) is 3.24. The van der Waals surface area contributed by atoms with Gasteiger partial charge in [0, 0.05) is 17.3 Å². The molecule has 0 aliphatic carbocycles. The van der Waals surface area contributed by atoms with E-state index in [1.54, 1.807) is 6.07 Å². The van der Waals surface area contributed by atoms with Crippen LogP contribution in [0.3, 0.4) is 0 Å². The summed E-state index contributed by atoms with van der Waals surface area (Å²) in [6.07, 6.45) is 1.25. The van der Waals surface area contributed by atoms with Gasteiger partial charge in [0.1, 0.15) is 11.0 Å². The second-order valence-corrected chi connectivity index (χ2v) is 3.72. The van der Waals surface area contributed by atoms with Crippen LogP contribution >= 0.6 is 11.6 Å². The van der Waals surface area contributed by atoms with Crippen LogP contribution in [-0.2, 0) is 0 Å². The summed E-state index contributed by atoms with van der Waals surface area (Å²) in [7, 11) is 0. The van der Waals surface area contributed by atoms with Crippen molar-refractivity contribution in [3.8, 4) is 11.1 Å². The molecule has 5 heteroatoms. The minimum atomic E-state index is -1.17. The average Bonchev–Trinajstić information content (AvgIpc) is 2.30. The van der Waals surface area contributed by atoms with E-state index in [4.69, 9.17) is 16.7 Å². The van der Waals surface area contributed by atoms with Crippen molar-refractivity contribution in [3.05, 3.63) is 53.1 Å². The lowest BCUT2D eigenvalue weighted by atomic mass is 10.0. The second-order valence-electron chi connectivity index (χ2n) is 3.34. The predicted molar refractivity (Wildman–Crippen MR) is 61.6 cm³/mol. The number of carboxylic acid groups (broad SMARTS) is 1. The van der Waals surface area contributed by atoms with E-state index in [1.165, 1.54) is 30.5 Å². The van der Waals surface area contributed by atoms with Crippen molar-refractivity contribution in [1.29, 1.82) is 0 Å². The summed E-state index contributed by atoms with van der Waals surface area (Å²) in [6, 6.07) is 7.11. The van der Waals surface area contributed by atoms with E-state index >= 15 is 0 Å². The lowest BCUT2D eigenvalue weighted by Gasteiger charge is -2.06. The number of halogens is 2. The van der Waals surface area contributed by atoms with Gasteiger partial charge in [-0.25, -0.2) is 14.2 Å². The molecule has 17 heavy (non-hydrogen) atoms. The third-order valence-corrected chi connectivity index (χ3v) is 2.47. The largest absolute Gasteiger partial charge is 0.478 e. The van der Waals surface area contributed by atoms with Crippen LogP contribution in [0, 0.1) is 5.82 Å². The number of benzene rings is 1. The number of pyridine rings is 1. The maximum Gasteiger partial charge on any atom is 0.336 e. The van der Waals surface area contributed by atoms with Gasteiger partial charge in [-0.2, -0.15) is 0 Å². The number of aromatic carboxylic acids is 1. The van der Waals surface area contributed by atoms with Crippen LogP contribution in [0.2, 0.25) is 5.15 Å². The zero-order valence-corrected chi connectivity index (χ0v) is 9.28. The highest BCUT2D eigenvalue weighted by Crippen LogP contribution is 2.27. The molecule has 0 aliphatic heterocycles. The molecule has 0 unspecified atom stereocenters. The maximum atomic E-state index is 13.6. The SMILES string of the molecule is O=C(O)c1cc(Cl)ncc1-c1ccccc1F. The number of hydrogen-bond donors (Lipinski definition) is 1. The average molecular weight is 252 g/mol. The van der Waals surface area contributed by atoms with Crippen molar-refractivity contribution in [2.75, 3.05) is 0 Å². The molecule has 0 saturated heterocycles. The molecule has 1 aromatic heterocycles. The molecular formula is C12H7ClFNO2. The Labute approximate surface area is 101 Å². The van der Waals surface area contributed by atoms with Crippen molar-refractivity contribution in [1.82, 2.24) is 4.98 Å². The molecule has 1 N–H and O–H groups in total. The van der Waals surface area contributed by atoms with Gasteiger partial charge in [-0.05, 0) is 12.1 Å². The van der Waals surface area contributed by atoms with Gasteiger partial charge in [-0.3, -0.25) is 0 Å². The zero-order chi connectivity index (χ0) is 12.4. The first-order valence-electron chi connectivity index (χ1n) is 4.73. The Morgan fingerprint density at radius 2 is 2.00 bits per heavy atom. The highest BCUT2D eigenvalue weighted by Gasteiger charge is 2.15. The third kappa shape index (κ3) is 2.26. The quantitative estimate of drug-likeness (QED) is 0.834. The van der Waals surface area contributed by atoms with Gasteiger partial charge < -0.3 is 5.11 Å². The summed E-state index contributed by atoms with van der Waals surface area (Å²) in [5, 5.41) is 9.09. The van der Waals surface area contributed by atoms with E-state index in [0.29, 0.717) is 0 Å². The standard InChI is InChI=1S/C12H7ClFNO2/c13-11-5-8(12(16)17)9(6-15-11)7-3-1-2-4-10(7)14/h1-6H,(H,16,17). The molecule has 0 fully saturated rings. The van der Waals surface area contributed by atoms with Crippen molar-refractivity contribution in [3.63, 3.8) is 0 Å². The summed E-state index contributed by atoms with van der Waals surface area (Å²) >= 11 is 5.62. The summed E-state index contributed by atoms with van der Waals surface area (Å²) < 4.78 is 13.6. The molecule has 0 saturated carbocycles. The monoisotopic (exact) mass is 251 g/mol. The highest BCUT2D eigenvalue weighted by molar-refractivity contribution is 6.29. The van der Waals surface area contributed by atoms with Crippen LogP contribution in [0.1, 0.15) is 10.4 Å². The molecule has 0 spiro atoms. The van der Waals surface area contributed by atoms with Crippen molar-refractivity contribution in [2.24, 2.45) is 0 Å². The van der Waals surface area contributed by atoms with Crippen LogP contribution in [0.5, 0.6) is 0 Å². The lowest BCUT2D eigenvalue weighted by molar-refractivity contribution is 0.0697. The van der Waals surface area contributed by atoms with Gasteiger partial charge in [-0.15, -0.1) is 0 Å². The Kier molecular flexibility index (Phi) is 3.06. The van der Waals surface area contributed by atoms with Crippen molar-refractivity contribution >= 4 is 17.6 Å². The van der Waals surface area contributed by atoms with Crippen LogP contribution in [0.4, 0.5) is 4.39 Å². The van der Waals surface area contributed by atoms with E-state index in [2.05, 4.69) is 4.98 Å². The molecule has 0 amide bonds. The molecule has 2 rings (SSSR count). The van der Waals surface area contributed by atoms with Gasteiger partial charge in [0.05, 0.1) is 5.56 Å². The maximum absolute atomic E-state index is 13.6. The van der Waals surface area contributed by atoms with Crippen molar-refractivity contribution in [2.45, 2.75) is 0 Å². The summed E-state index contributed by atoms with van der Waals surface area (Å²) in [6.45, 7) is 0. The van der Waals surface area contributed by atoms with Gasteiger partial charge in [0.15, 0.2) is 0 Å². The zero-order valence-electron chi connectivity index (χ0n) is 8.52. The van der Waals surface area contributed by atoms with E-state index in [-0.39, 0.29) is 21.8 Å². The molecule has 0 atom stereocenters. The number of rotatable bonds is 2. The fourth-order valence-corrected chi connectivity index (χ4v) is 1.66. The smallest absolute Gasteiger partial charge is 0.336 e. The number of carbonyl (C=O) groups is 1. The van der Waals surface area contributed by atoms with E-state index in [1.807, 2.05) is 0 Å². The molecular weight excluding hydrogens is 245 g/mol. The molecule has 86 valence electrons. The third-order valence-electron chi connectivity index (χ3n) is 2.27. The van der Waals surface area contributed by atoms with Gasteiger partial charge in [0.25, 0.3) is 0 Å². The summed E-state index contributed by atoms with van der Waals surface area (Å²) in [5.41, 5.74) is 0.323. The van der Waals surface area contributed by atoms with Gasteiger partial charge in [0.2, 0.25) is 0 Å². The Hall–Kier alpha value is -1.94. The molecule has 1 aromatic carbocycles. The van der Waals surface area contributed by atoms with Crippen LogP contribution < -0.4 is 0 Å². The molecule has 0 radical (unpaired) electrons. The fourth-order valence-electron chi connectivity index (χ4n) is 1.50. The van der Waals surface area contributed by atoms with Crippen LogP contribution in [-0.4, -0.2) is 16.1 Å². The normalized spacial score (nSPS) is 10.2. The lowest BCUT2D eigenvalue weighted by Crippen LogP contribution is -2.01. The van der Waals surface area contributed by atoms with Crippen molar-refractivity contribution < 1.29 is 14.3 Å². The topological polar surface area (TPSA) is 50.2 Å². The number of hydrogen-bond acceptors (Lipinski definition) is 2. The summed E-state index contributed by atoms with van der Waals surface area (Å²) in [5.74, 6) is -1.67. The first-order chi connectivity index (χ1) is 8.09. The highest BCUT2D eigenvalue weighted by atomic mass is 35.5. The second kappa shape index (κ2) is 4.51. The van der Waals surface area contributed by atoms with Crippen LogP contribution in [0.15, 0.2) is 36.5 Å². The molecule has 0 bridgehead atoms.